The van der Waals surface area contributed by atoms with E-state index in [1.807, 2.05) is 18.2 Å². The van der Waals surface area contributed by atoms with Crippen molar-refractivity contribution in [1.82, 2.24) is 4.98 Å². The fourth-order valence-electron chi connectivity index (χ4n) is 2.06. The van der Waals surface area contributed by atoms with Crippen LogP contribution in [-0.2, 0) is 17.8 Å². The number of benzene rings is 1. The highest BCUT2D eigenvalue weighted by Crippen LogP contribution is 2.22. The number of rotatable bonds is 8. The summed E-state index contributed by atoms with van der Waals surface area (Å²) in [6.45, 7) is 4.37. The molecule has 0 aliphatic carbocycles. The predicted octanol–water partition coefficient (Wildman–Crippen LogP) is 4.32. The molecule has 128 valence electrons. The van der Waals surface area contributed by atoms with Crippen molar-refractivity contribution in [2.24, 2.45) is 0 Å². The van der Waals surface area contributed by atoms with E-state index in [1.54, 1.807) is 17.8 Å². The van der Waals surface area contributed by atoms with Crippen molar-refractivity contribution in [1.29, 1.82) is 0 Å². The summed E-state index contributed by atoms with van der Waals surface area (Å²) >= 11 is 1.66. The molecule has 0 saturated carbocycles. The summed E-state index contributed by atoms with van der Waals surface area (Å²) in [5.41, 5.74) is 1.37. The van der Waals surface area contributed by atoms with Crippen molar-refractivity contribution < 1.29 is 19.0 Å². The normalized spacial score (nSPS) is 10.8. The zero-order valence-corrected chi connectivity index (χ0v) is 14.5. The Bertz CT molecular complexity index is 706. The van der Waals surface area contributed by atoms with Crippen LogP contribution in [-0.4, -0.2) is 21.3 Å². The Hall–Kier alpha value is -2.08. The SMILES string of the molecule is CC(C)Sc1cccc(COc2ccc(CCC(=O)O)cc2F)n1. The molecular weight excluding hydrogens is 329 g/mol. The number of pyridine rings is 1. The molecule has 4 nitrogen and oxygen atoms in total. The van der Waals surface area contributed by atoms with Gasteiger partial charge < -0.3 is 9.84 Å². The van der Waals surface area contributed by atoms with Gasteiger partial charge in [-0.15, -0.1) is 11.8 Å². The minimum absolute atomic E-state index is 0.0239. The Balaban J connectivity index is 1.97. The van der Waals surface area contributed by atoms with Crippen LogP contribution < -0.4 is 4.74 Å². The van der Waals surface area contributed by atoms with Crippen molar-refractivity contribution >= 4 is 17.7 Å². The fraction of sp³-hybridized carbons (Fsp3) is 0.333. The number of hydrogen-bond acceptors (Lipinski definition) is 4. The number of aryl methyl sites for hydroxylation is 1. The highest BCUT2D eigenvalue weighted by atomic mass is 32.2. The molecule has 24 heavy (non-hydrogen) atoms. The number of thioether (sulfide) groups is 1. The van der Waals surface area contributed by atoms with Gasteiger partial charge in [-0.3, -0.25) is 4.79 Å². The molecule has 6 heteroatoms. The van der Waals surface area contributed by atoms with Gasteiger partial charge in [0.25, 0.3) is 0 Å². The smallest absolute Gasteiger partial charge is 0.303 e. The maximum absolute atomic E-state index is 14.0. The molecule has 0 fully saturated rings. The number of halogens is 1. The lowest BCUT2D eigenvalue weighted by atomic mass is 10.1. The van der Waals surface area contributed by atoms with Crippen LogP contribution in [0.2, 0.25) is 0 Å². The maximum Gasteiger partial charge on any atom is 0.303 e. The van der Waals surface area contributed by atoms with E-state index >= 15 is 0 Å². The molecule has 1 aromatic heterocycles. The van der Waals surface area contributed by atoms with E-state index in [4.69, 9.17) is 9.84 Å². The molecule has 2 rings (SSSR count). The summed E-state index contributed by atoms with van der Waals surface area (Å²) in [5, 5.41) is 10.0. The number of aromatic nitrogens is 1. The molecular formula is C18H20FNO3S. The highest BCUT2D eigenvalue weighted by Gasteiger charge is 2.08. The average Bonchev–Trinajstić information content (AvgIpc) is 2.51. The minimum Gasteiger partial charge on any atom is -0.484 e. The molecule has 0 atom stereocenters. The molecule has 0 spiro atoms. The largest absolute Gasteiger partial charge is 0.484 e. The van der Waals surface area contributed by atoms with E-state index in [1.165, 1.54) is 12.1 Å². The van der Waals surface area contributed by atoms with Crippen LogP contribution in [0.4, 0.5) is 4.39 Å². The number of aliphatic carboxylic acids is 1. The highest BCUT2D eigenvalue weighted by molar-refractivity contribution is 7.99. The van der Waals surface area contributed by atoms with Crippen LogP contribution in [0.25, 0.3) is 0 Å². The second-order valence-corrected chi connectivity index (χ2v) is 7.18. The third kappa shape index (κ3) is 5.85. The Morgan fingerprint density at radius 3 is 2.79 bits per heavy atom. The Kier molecular flexibility index (Phi) is 6.61. The van der Waals surface area contributed by atoms with Crippen LogP contribution in [0.15, 0.2) is 41.4 Å². The van der Waals surface area contributed by atoms with Crippen molar-refractivity contribution in [2.45, 2.75) is 43.6 Å². The van der Waals surface area contributed by atoms with Gasteiger partial charge in [0, 0.05) is 11.7 Å². The molecule has 2 aromatic rings. The monoisotopic (exact) mass is 349 g/mol. The number of carbonyl (C=O) groups is 1. The molecule has 0 unspecified atom stereocenters. The fourth-order valence-corrected chi connectivity index (χ4v) is 2.88. The summed E-state index contributed by atoms with van der Waals surface area (Å²) in [5.74, 6) is -1.26. The zero-order chi connectivity index (χ0) is 17.5. The van der Waals surface area contributed by atoms with Gasteiger partial charge in [0.1, 0.15) is 6.61 Å². The van der Waals surface area contributed by atoms with Gasteiger partial charge in [0.2, 0.25) is 0 Å². The Morgan fingerprint density at radius 1 is 1.33 bits per heavy atom. The third-order valence-electron chi connectivity index (χ3n) is 3.14. The Morgan fingerprint density at radius 2 is 2.12 bits per heavy atom. The number of hydrogen-bond donors (Lipinski definition) is 1. The second kappa shape index (κ2) is 8.68. The maximum atomic E-state index is 14.0. The molecule has 0 bridgehead atoms. The van der Waals surface area contributed by atoms with E-state index < -0.39 is 11.8 Å². The first-order valence-corrected chi connectivity index (χ1v) is 8.57. The van der Waals surface area contributed by atoms with Gasteiger partial charge in [-0.2, -0.15) is 0 Å². The van der Waals surface area contributed by atoms with Crippen molar-refractivity contribution in [2.75, 3.05) is 0 Å². The van der Waals surface area contributed by atoms with Crippen LogP contribution >= 0.6 is 11.8 Å². The average molecular weight is 349 g/mol. The zero-order valence-electron chi connectivity index (χ0n) is 13.7. The van der Waals surface area contributed by atoms with Gasteiger partial charge in [-0.05, 0) is 36.2 Å². The van der Waals surface area contributed by atoms with Gasteiger partial charge >= 0.3 is 5.97 Å². The van der Waals surface area contributed by atoms with Gasteiger partial charge in [-0.25, -0.2) is 9.37 Å². The molecule has 1 aromatic carbocycles. The van der Waals surface area contributed by atoms with E-state index in [0.29, 0.717) is 17.2 Å². The van der Waals surface area contributed by atoms with Crippen LogP contribution in [0, 0.1) is 5.82 Å². The van der Waals surface area contributed by atoms with E-state index in [9.17, 15) is 9.18 Å². The van der Waals surface area contributed by atoms with Gasteiger partial charge in [-0.1, -0.05) is 26.0 Å². The van der Waals surface area contributed by atoms with E-state index in [0.717, 1.165) is 10.7 Å². The summed E-state index contributed by atoms with van der Waals surface area (Å²) in [6, 6.07) is 10.2. The van der Waals surface area contributed by atoms with E-state index in [-0.39, 0.29) is 18.8 Å². The third-order valence-corrected chi connectivity index (χ3v) is 4.08. The van der Waals surface area contributed by atoms with Crippen molar-refractivity contribution in [3.63, 3.8) is 0 Å². The lowest BCUT2D eigenvalue weighted by molar-refractivity contribution is -0.136. The van der Waals surface area contributed by atoms with Gasteiger partial charge in [0.15, 0.2) is 11.6 Å². The first kappa shape index (κ1) is 18.3. The number of nitrogens with zero attached hydrogens (tertiary/aromatic N) is 1. The first-order chi connectivity index (χ1) is 11.4. The number of carboxylic acids is 1. The predicted molar refractivity (Wildman–Crippen MR) is 91.9 cm³/mol. The molecule has 1 N–H and O–H groups in total. The van der Waals surface area contributed by atoms with Gasteiger partial charge in [0.05, 0.1) is 10.7 Å². The van der Waals surface area contributed by atoms with Crippen molar-refractivity contribution in [3.05, 3.63) is 53.5 Å². The summed E-state index contributed by atoms with van der Waals surface area (Å²) in [6.07, 6.45) is 0.270. The summed E-state index contributed by atoms with van der Waals surface area (Å²) < 4.78 is 19.5. The summed E-state index contributed by atoms with van der Waals surface area (Å²) in [7, 11) is 0. The molecule has 0 aliphatic rings. The lowest BCUT2D eigenvalue weighted by Gasteiger charge is -2.10. The minimum atomic E-state index is -0.902. The van der Waals surface area contributed by atoms with Crippen molar-refractivity contribution in [3.8, 4) is 5.75 Å². The first-order valence-electron chi connectivity index (χ1n) is 7.69. The topological polar surface area (TPSA) is 59.4 Å². The lowest BCUT2D eigenvalue weighted by Crippen LogP contribution is -2.02. The molecule has 1 heterocycles. The number of carboxylic acid groups (broad SMARTS) is 1. The number of ether oxygens (including phenoxy) is 1. The van der Waals surface area contributed by atoms with Crippen LogP contribution in [0.3, 0.4) is 0 Å². The van der Waals surface area contributed by atoms with Crippen LogP contribution in [0.5, 0.6) is 5.75 Å². The quantitative estimate of drug-likeness (QED) is 0.719. The molecule has 0 aliphatic heterocycles. The van der Waals surface area contributed by atoms with E-state index in [2.05, 4.69) is 18.8 Å². The molecule has 0 radical (unpaired) electrons. The summed E-state index contributed by atoms with van der Waals surface area (Å²) in [4.78, 5) is 15.0. The molecule has 0 saturated heterocycles. The standard InChI is InChI=1S/C18H20FNO3S/c1-12(2)24-17-5-3-4-14(20-17)11-23-16-8-6-13(10-15(16)19)7-9-18(21)22/h3-6,8,10,12H,7,9,11H2,1-2H3,(H,21,22). The molecule has 0 amide bonds. The van der Waals surface area contributed by atoms with Crippen LogP contribution in [0.1, 0.15) is 31.5 Å². The Labute approximate surface area is 145 Å². The second-order valence-electron chi connectivity index (χ2n) is 5.58.